The van der Waals surface area contributed by atoms with Crippen LogP contribution in [0, 0.1) is 11.7 Å². The first-order valence-corrected chi connectivity index (χ1v) is 13.8. The van der Waals surface area contributed by atoms with Gasteiger partial charge in [0.2, 0.25) is 0 Å². The molecule has 2 N–H and O–H groups in total. The summed E-state index contributed by atoms with van der Waals surface area (Å²) in [5.74, 6) is -3.35. The van der Waals surface area contributed by atoms with Crippen molar-refractivity contribution in [1.29, 1.82) is 0 Å². The highest BCUT2D eigenvalue weighted by atomic mass is 19.1. The lowest BCUT2D eigenvalue weighted by molar-refractivity contribution is -0.138. The molecule has 0 spiro atoms. The van der Waals surface area contributed by atoms with Gasteiger partial charge in [0.25, 0.3) is 17.7 Å². The van der Waals surface area contributed by atoms with Crippen LogP contribution in [-0.4, -0.2) is 73.7 Å². The molecule has 216 valence electrons. The highest BCUT2D eigenvalue weighted by Gasteiger charge is 2.45. The predicted octanol–water partition coefficient (Wildman–Crippen LogP) is 3.32. The van der Waals surface area contributed by atoms with E-state index in [4.69, 9.17) is 0 Å². The number of carboxylic acid groups (broad SMARTS) is 1. The number of amides is 3. The van der Waals surface area contributed by atoms with Crippen molar-refractivity contribution in [3.63, 3.8) is 0 Å². The van der Waals surface area contributed by atoms with Gasteiger partial charge in [0.15, 0.2) is 6.17 Å². The molecule has 0 radical (unpaired) electrons. The lowest BCUT2D eigenvalue weighted by Gasteiger charge is -2.34. The van der Waals surface area contributed by atoms with E-state index in [-0.39, 0.29) is 42.1 Å². The van der Waals surface area contributed by atoms with Crippen molar-refractivity contribution in [1.82, 2.24) is 24.9 Å². The van der Waals surface area contributed by atoms with Gasteiger partial charge in [-0.05, 0) is 43.0 Å². The standard InChI is InChI=1S/C29H38FN5O5/c1-29(2,3)23-17-22(33(4)32-23)28(40)35-14-13-34(27(39)19-11-8-12-20(30)15-19)26(35)25(38)31-21(16-24(36)37)18-9-6-5-7-10-18/h8,11-12,15,17-18,21,26H,5-7,9-10,13-14,16H2,1-4H3,(H,31,38)(H,36,37). The summed E-state index contributed by atoms with van der Waals surface area (Å²) >= 11 is 0. The van der Waals surface area contributed by atoms with Crippen molar-refractivity contribution in [3.05, 3.63) is 53.1 Å². The molecule has 1 saturated carbocycles. The molecule has 3 amide bonds. The van der Waals surface area contributed by atoms with E-state index in [1.54, 1.807) is 13.1 Å². The minimum Gasteiger partial charge on any atom is -0.481 e. The molecule has 0 bridgehead atoms. The van der Waals surface area contributed by atoms with E-state index in [0.29, 0.717) is 5.69 Å². The number of aryl methyl sites for hydroxylation is 1. The summed E-state index contributed by atoms with van der Waals surface area (Å²) in [5.41, 5.74) is 0.695. The maximum Gasteiger partial charge on any atom is 0.305 e. The van der Waals surface area contributed by atoms with Gasteiger partial charge in [0, 0.05) is 37.2 Å². The van der Waals surface area contributed by atoms with E-state index >= 15 is 0 Å². The SMILES string of the molecule is Cn1nc(C(C)(C)C)cc1C(=O)N1CCN(C(=O)c2cccc(F)c2)C1C(=O)NC(CC(=O)O)C1CCCCC1. The zero-order valence-corrected chi connectivity index (χ0v) is 23.5. The Balaban J connectivity index is 1.68. The number of carboxylic acids is 1. The van der Waals surface area contributed by atoms with Crippen molar-refractivity contribution < 1.29 is 28.7 Å². The molecular weight excluding hydrogens is 517 g/mol. The second-order valence-corrected chi connectivity index (χ2v) is 11.8. The first-order chi connectivity index (χ1) is 18.9. The summed E-state index contributed by atoms with van der Waals surface area (Å²) in [4.78, 5) is 55.5. The first kappa shape index (κ1) is 29.2. The zero-order valence-electron chi connectivity index (χ0n) is 23.5. The molecule has 1 aromatic carbocycles. The van der Waals surface area contributed by atoms with Crippen LogP contribution in [-0.2, 0) is 22.1 Å². The van der Waals surface area contributed by atoms with Crippen molar-refractivity contribution >= 4 is 23.7 Å². The molecule has 2 aliphatic rings. The average molecular weight is 556 g/mol. The van der Waals surface area contributed by atoms with Gasteiger partial charge in [-0.1, -0.05) is 46.1 Å². The number of hydrogen-bond donors (Lipinski definition) is 2. The quantitative estimate of drug-likeness (QED) is 0.540. The molecule has 2 fully saturated rings. The van der Waals surface area contributed by atoms with Crippen LogP contribution in [0.15, 0.2) is 30.3 Å². The van der Waals surface area contributed by atoms with Crippen molar-refractivity contribution in [2.75, 3.05) is 13.1 Å². The monoisotopic (exact) mass is 555 g/mol. The van der Waals surface area contributed by atoms with Gasteiger partial charge in [-0.3, -0.25) is 23.9 Å². The van der Waals surface area contributed by atoms with Crippen molar-refractivity contribution in [2.24, 2.45) is 13.0 Å². The maximum absolute atomic E-state index is 14.0. The fraction of sp³-hybridized carbons (Fsp3) is 0.552. The van der Waals surface area contributed by atoms with Gasteiger partial charge >= 0.3 is 5.97 Å². The van der Waals surface area contributed by atoms with Crippen molar-refractivity contribution in [2.45, 2.75) is 76.9 Å². The maximum atomic E-state index is 14.0. The second-order valence-electron chi connectivity index (χ2n) is 11.8. The Bertz CT molecular complexity index is 1280. The highest BCUT2D eigenvalue weighted by molar-refractivity contribution is 6.01. The van der Waals surface area contributed by atoms with Crippen LogP contribution in [0.5, 0.6) is 0 Å². The summed E-state index contributed by atoms with van der Waals surface area (Å²) in [6, 6.07) is 6.22. The van der Waals surface area contributed by atoms with Crippen LogP contribution < -0.4 is 5.32 Å². The predicted molar refractivity (Wildman–Crippen MR) is 145 cm³/mol. The summed E-state index contributed by atoms with van der Waals surface area (Å²) in [6.45, 7) is 6.05. The fourth-order valence-corrected chi connectivity index (χ4v) is 5.62. The molecule has 2 unspecified atom stereocenters. The number of nitrogens with zero attached hydrogens (tertiary/aromatic N) is 4. The van der Waals surface area contributed by atoms with Crippen LogP contribution in [0.1, 0.15) is 85.8 Å². The Labute approximate surface area is 233 Å². The third-order valence-electron chi connectivity index (χ3n) is 7.81. The number of aliphatic carboxylic acids is 1. The number of carbonyl (C=O) groups is 4. The smallest absolute Gasteiger partial charge is 0.305 e. The van der Waals surface area contributed by atoms with Gasteiger partial charge in [0.1, 0.15) is 11.5 Å². The van der Waals surface area contributed by atoms with E-state index in [0.717, 1.165) is 38.2 Å². The summed E-state index contributed by atoms with van der Waals surface area (Å²) in [7, 11) is 1.65. The molecule has 11 heteroatoms. The van der Waals surface area contributed by atoms with E-state index in [2.05, 4.69) is 10.4 Å². The van der Waals surface area contributed by atoms with Gasteiger partial charge in [-0.25, -0.2) is 4.39 Å². The van der Waals surface area contributed by atoms with Gasteiger partial charge in [-0.2, -0.15) is 5.10 Å². The van der Waals surface area contributed by atoms with E-state index in [1.807, 2.05) is 20.8 Å². The van der Waals surface area contributed by atoms with Crippen LogP contribution in [0.2, 0.25) is 0 Å². The minimum absolute atomic E-state index is 0.0156. The highest BCUT2D eigenvalue weighted by Crippen LogP contribution is 2.29. The molecule has 1 aromatic heterocycles. The zero-order chi connectivity index (χ0) is 29.2. The van der Waals surface area contributed by atoms with E-state index < -0.39 is 41.7 Å². The number of carbonyl (C=O) groups excluding carboxylic acids is 3. The number of rotatable bonds is 7. The molecule has 10 nitrogen and oxygen atoms in total. The molecule has 1 aliphatic heterocycles. The number of nitrogens with one attached hydrogen (secondary N) is 1. The molecule has 4 rings (SSSR count). The van der Waals surface area contributed by atoms with Crippen molar-refractivity contribution in [3.8, 4) is 0 Å². The summed E-state index contributed by atoms with van der Waals surface area (Å²) in [6.07, 6.45) is 2.95. The van der Waals surface area contributed by atoms with Gasteiger partial charge in [0.05, 0.1) is 12.1 Å². The van der Waals surface area contributed by atoms with Gasteiger partial charge in [-0.15, -0.1) is 0 Å². The summed E-state index contributed by atoms with van der Waals surface area (Å²) in [5, 5.41) is 16.9. The first-order valence-electron chi connectivity index (χ1n) is 13.8. The molecule has 40 heavy (non-hydrogen) atoms. The fourth-order valence-electron chi connectivity index (χ4n) is 5.62. The molecule has 1 aliphatic carbocycles. The Kier molecular flexibility index (Phi) is 8.60. The average Bonchev–Trinajstić information content (AvgIpc) is 3.52. The molecule has 2 atom stereocenters. The topological polar surface area (TPSA) is 125 Å². The second kappa shape index (κ2) is 11.8. The van der Waals surface area contributed by atoms with Crippen LogP contribution >= 0.6 is 0 Å². The minimum atomic E-state index is -1.34. The Morgan fingerprint density at radius 2 is 1.70 bits per heavy atom. The molecule has 2 aromatic rings. The number of hydrogen-bond acceptors (Lipinski definition) is 5. The number of aromatic nitrogens is 2. The Morgan fingerprint density at radius 1 is 1.05 bits per heavy atom. The Morgan fingerprint density at radius 3 is 2.27 bits per heavy atom. The van der Waals surface area contributed by atoms with Crippen LogP contribution in [0.25, 0.3) is 0 Å². The lowest BCUT2D eigenvalue weighted by Crippen LogP contribution is -2.57. The molecule has 1 saturated heterocycles. The number of halogens is 1. The van der Waals surface area contributed by atoms with E-state index in [9.17, 15) is 28.7 Å². The third-order valence-corrected chi connectivity index (χ3v) is 7.81. The Hall–Kier alpha value is -3.76. The van der Waals surface area contributed by atoms with Crippen LogP contribution in [0.4, 0.5) is 4.39 Å². The van der Waals surface area contributed by atoms with E-state index in [1.165, 1.54) is 32.7 Å². The number of benzene rings is 1. The third kappa shape index (κ3) is 6.34. The summed E-state index contributed by atoms with van der Waals surface area (Å²) < 4.78 is 15.4. The molecular formula is C29H38FN5O5. The molecule has 2 heterocycles. The normalized spacial score (nSPS) is 19.0. The largest absolute Gasteiger partial charge is 0.481 e. The van der Waals surface area contributed by atoms with Crippen LogP contribution in [0.3, 0.4) is 0 Å². The van der Waals surface area contributed by atoms with Gasteiger partial charge < -0.3 is 20.2 Å². The lowest BCUT2D eigenvalue weighted by atomic mass is 9.82.